The molecule has 25 heavy (non-hydrogen) atoms. The third-order valence-electron chi connectivity index (χ3n) is 4.34. The molecule has 1 heterocycles. The summed E-state index contributed by atoms with van der Waals surface area (Å²) in [7, 11) is -3.48. The number of rotatable bonds is 8. The molecule has 0 aliphatic heterocycles. The average Bonchev–Trinajstić information content (AvgIpc) is 3.09. The summed E-state index contributed by atoms with van der Waals surface area (Å²) in [4.78, 5) is 0.275. The first kappa shape index (κ1) is 17.6. The number of sulfonamides is 1. The summed E-state index contributed by atoms with van der Waals surface area (Å²) in [6.45, 7) is 2.59. The van der Waals surface area contributed by atoms with Crippen molar-refractivity contribution < 1.29 is 8.42 Å². The average molecular weight is 357 g/mol. The van der Waals surface area contributed by atoms with Gasteiger partial charge in [0, 0.05) is 11.9 Å². The van der Waals surface area contributed by atoms with Gasteiger partial charge in [-0.2, -0.15) is 5.10 Å². The summed E-state index contributed by atoms with van der Waals surface area (Å²) in [5, 5.41) is 7.52. The largest absolute Gasteiger partial charge is 0.278 e. The molecule has 0 saturated carbocycles. The molecule has 2 aromatic carbocycles. The van der Waals surface area contributed by atoms with Gasteiger partial charge in [0.2, 0.25) is 10.0 Å². The molecule has 1 aromatic heterocycles. The second-order valence-corrected chi connectivity index (χ2v) is 7.91. The van der Waals surface area contributed by atoms with Gasteiger partial charge in [-0.1, -0.05) is 31.2 Å². The normalized spacial score (nSPS) is 11.9. The van der Waals surface area contributed by atoms with Crippen molar-refractivity contribution in [2.75, 3.05) is 6.54 Å². The highest BCUT2D eigenvalue weighted by Gasteiger charge is 2.14. The van der Waals surface area contributed by atoms with Gasteiger partial charge < -0.3 is 0 Å². The predicted molar refractivity (Wildman–Crippen MR) is 100 cm³/mol. The number of aromatic amines is 1. The Bertz CT molecular complexity index is 931. The van der Waals surface area contributed by atoms with E-state index in [1.54, 1.807) is 24.4 Å². The maximum absolute atomic E-state index is 12.4. The molecule has 0 atom stereocenters. The lowest BCUT2D eigenvalue weighted by molar-refractivity contribution is 0.577. The molecule has 0 spiro atoms. The van der Waals surface area contributed by atoms with Crippen LogP contribution in [0.5, 0.6) is 0 Å². The summed E-state index contributed by atoms with van der Waals surface area (Å²) in [5.41, 5.74) is 3.46. The van der Waals surface area contributed by atoms with E-state index >= 15 is 0 Å². The van der Waals surface area contributed by atoms with Crippen molar-refractivity contribution in [3.8, 4) is 0 Å². The Labute approximate surface area is 148 Å². The van der Waals surface area contributed by atoms with Crippen LogP contribution in [0.25, 0.3) is 10.9 Å². The number of nitrogens with zero attached hydrogens (tertiary/aromatic N) is 1. The lowest BCUT2D eigenvalue weighted by Crippen LogP contribution is -2.24. The molecule has 0 unspecified atom stereocenters. The zero-order valence-corrected chi connectivity index (χ0v) is 15.1. The van der Waals surface area contributed by atoms with Crippen LogP contribution in [-0.4, -0.2) is 25.2 Å². The SMILES string of the molecule is CCc1ccc(CCCCNS(=O)(=O)c2ccc3[nH]ncc3c2)cc1. The molecule has 0 bridgehead atoms. The first-order valence-corrected chi connectivity index (χ1v) is 10.1. The quantitative estimate of drug-likeness (QED) is 0.607. The van der Waals surface area contributed by atoms with Gasteiger partial charge >= 0.3 is 0 Å². The van der Waals surface area contributed by atoms with E-state index in [4.69, 9.17) is 0 Å². The van der Waals surface area contributed by atoms with Crippen molar-refractivity contribution >= 4 is 20.9 Å². The van der Waals surface area contributed by atoms with Crippen molar-refractivity contribution in [1.29, 1.82) is 0 Å². The predicted octanol–water partition coefficient (Wildman–Crippen LogP) is 3.43. The summed E-state index contributed by atoms with van der Waals surface area (Å²) >= 11 is 0. The van der Waals surface area contributed by atoms with Crippen molar-refractivity contribution in [2.45, 2.75) is 37.5 Å². The Morgan fingerprint density at radius 1 is 1.04 bits per heavy atom. The first-order valence-electron chi connectivity index (χ1n) is 8.59. The van der Waals surface area contributed by atoms with E-state index in [2.05, 4.69) is 46.1 Å². The van der Waals surface area contributed by atoms with E-state index in [-0.39, 0.29) is 4.90 Å². The van der Waals surface area contributed by atoms with Crippen LogP contribution in [0.3, 0.4) is 0 Å². The van der Waals surface area contributed by atoms with Crippen molar-refractivity contribution in [1.82, 2.24) is 14.9 Å². The fraction of sp³-hybridized carbons (Fsp3) is 0.316. The molecule has 3 aromatic rings. The van der Waals surface area contributed by atoms with Gasteiger partial charge in [-0.25, -0.2) is 13.1 Å². The van der Waals surface area contributed by atoms with Crippen LogP contribution in [0, 0.1) is 0 Å². The van der Waals surface area contributed by atoms with Crippen LogP contribution < -0.4 is 4.72 Å². The molecule has 0 aliphatic rings. The third-order valence-corrected chi connectivity index (χ3v) is 5.80. The van der Waals surface area contributed by atoms with Gasteiger partial charge in [0.1, 0.15) is 0 Å². The zero-order chi connectivity index (χ0) is 17.7. The second kappa shape index (κ2) is 7.80. The van der Waals surface area contributed by atoms with Gasteiger partial charge in [-0.3, -0.25) is 5.10 Å². The van der Waals surface area contributed by atoms with Crippen LogP contribution in [0.1, 0.15) is 30.9 Å². The molecule has 6 heteroatoms. The Morgan fingerprint density at radius 3 is 2.56 bits per heavy atom. The maximum atomic E-state index is 12.4. The van der Waals surface area contributed by atoms with Crippen LogP contribution in [0.4, 0.5) is 0 Å². The smallest absolute Gasteiger partial charge is 0.240 e. The summed E-state index contributed by atoms with van der Waals surface area (Å²) in [5.74, 6) is 0. The van der Waals surface area contributed by atoms with Crippen molar-refractivity contribution in [2.24, 2.45) is 0 Å². The molecule has 0 fully saturated rings. The molecule has 132 valence electrons. The van der Waals surface area contributed by atoms with Gasteiger partial charge in [0.15, 0.2) is 0 Å². The van der Waals surface area contributed by atoms with Gasteiger partial charge in [-0.05, 0) is 55.0 Å². The number of benzene rings is 2. The number of hydrogen-bond donors (Lipinski definition) is 2. The van der Waals surface area contributed by atoms with E-state index in [9.17, 15) is 8.42 Å². The number of aromatic nitrogens is 2. The minimum atomic E-state index is -3.48. The number of hydrogen-bond acceptors (Lipinski definition) is 3. The fourth-order valence-corrected chi connectivity index (χ4v) is 3.88. The van der Waals surface area contributed by atoms with Crippen LogP contribution in [-0.2, 0) is 22.9 Å². The van der Waals surface area contributed by atoms with Crippen LogP contribution in [0.2, 0.25) is 0 Å². The van der Waals surface area contributed by atoms with E-state index in [1.165, 1.54) is 11.1 Å². The molecule has 2 N–H and O–H groups in total. The minimum absolute atomic E-state index is 0.275. The molecule has 0 saturated heterocycles. The minimum Gasteiger partial charge on any atom is -0.278 e. The highest BCUT2D eigenvalue weighted by atomic mass is 32.2. The zero-order valence-electron chi connectivity index (χ0n) is 14.3. The number of nitrogens with one attached hydrogen (secondary N) is 2. The molecule has 0 amide bonds. The monoisotopic (exact) mass is 357 g/mol. The fourth-order valence-electron chi connectivity index (χ4n) is 2.77. The number of unbranched alkanes of at least 4 members (excludes halogenated alkanes) is 1. The van der Waals surface area contributed by atoms with Gasteiger partial charge in [0.05, 0.1) is 16.6 Å². The Morgan fingerprint density at radius 2 is 1.80 bits per heavy atom. The molecule has 0 aliphatic carbocycles. The highest BCUT2D eigenvalue weighted by molar-refractivity contribution is 7.89. The Balaban J connectivity index is 1.48. The van der Waals surface area contributed by atoms with E-state index < -0.39 is 10.0 Å². The van der Waals surface area contributed by atoms with E-state index in [0.717, 1.165) is 36.6 Å². The standard InChI is InChI=1S/C19H23N3O2S/c1-2-15-6-8-16(9-7-15)5-3-4-12-21-25(23,24)18-10-11-19-17(13-18)14-20-22-19/h6-11,13-14,21H,2-5,12H2,1H3,(H,20,22). The van der Waals surface area contributed by atoms with Crippen LogP contribution >= 0.6 is 0 Å². The van der Waals surface area contributed by atoms with Crippen LogP contribution in [0.15, 0.2) is 53.6 Å². The molecular formula is C19H23N3O2S. The highest BCUT2D eigenvalue weighted by Crippen LogP contribution is 2.17. The van der Waals surface area contributed by atoms with E-state index in [0.29, 0.717) is 6.54 Å². The Kier molecular flexibility index (Phi) is 5.50. The van der Waals surface area contributed by atoms with Gasteiger partial charge in [-0.15, -0.1) is 0 Å². The molecular weight excluding hydrogens is 334 g/mol. The lowest BCUT2D eigenvalue weighted by atomic mass is 10.1. The number of H-pyrrole nitrogens is 1. The van der Waals surface area contributed by atoms with Crippen molar-refractivity contribution in [3.05, 3.63) is 59.8 Å². The van der Waals surface area contributed by atoms with E-state index in [1.807, 2.05) is 0 Å². The van der Waals surface area contributed by atoms with Crippen molar-refractivity contribution in [3.63, 3.8) is 0 Å². The second-order valence-electron chi connectivity index (χ2n) is 6.14. The number of fused-ring (bicyclic) bond motifs is 1. The molecule has 5 nitrogen and oxygen atoms in total. The maximum Gasteiger partial charge on any atom is 0.240 e. The Hall–Kier alpha value is -2.18. The van der Waals surface area contributed by atoms with Gasteiger partial charge in [0.25, 0.3) is 0 Å². The summed E-state index contributed by atoms with van der Waals surface area (Å²) in [6, 6.07) is 13.6. The topological polar surface area (TPSA) is 74.8 Å². The molecule has 0 radical (unpaired) electrons. The first-order chi connectivity index (χ1) is 12.1. The summed E-state index contributed by atoms with van der Waals surface area (Å²) in [6.07, 6.45) is 5.40. The molecule has 3 rings (SSSR count). The lowest BCUT2D eigenvalue weighted by Gasteiger charge is -2.07. The number of aryl methyl sites for hydroxylation is 2. The third kappa shape index (κ3) is 4.46. The summed E-state index contributed by atoms with van der Waals surface area (Å²) < 4.78 is 27.4.